The molecule has 1 saturated carbocycles. The van der Waals surface area contributed by atoms with Crippen LogP contribution in [0, 0.1) is 17.8 Å². The first-order chi connectivity index (χ1) is 10.1. The molecule has 116 valence electrons. The van der Waals surface area contributed by atoms with E-state index in [0.29, 0.717) is 25.6 Å². The molecule has 21 heavy (non-hydrogen) atoms. The second-order valence-electron chi connectivity index (χ2n) is 6.49. The zero-order valence-corrected chi connectivity index (χ0v) is 12.3. The summed E-state index contributed by atoms with van der Waals surface area (Å²) in [5, 5.41) is 0. The van der Waals surface area contributed by atoms with Gasteiger partial charge in [-0.05, 0) is 31.7 Å². The average molecular weight is 293 g/mol. The Balaban J connectivity index is 1.63. The van der Waals surface area contributed by atoms with Gasteiger partial charge < -0.3 is 10.6 Å². The highest BCUT2D eigenvalue weighted by Crippen LogP contribution is 2.37. The quantitative estimate of drug-likeness (QED) is 0.741. The van der Waals surface area contributed by atoms with E-state index in [1.54, 1.807) is 4.90 Å². The Morgan fingerprint density at radius 1 is 1.10 bits per heavy atom. The van der Waals surface area contributed by atoms with Gasteiger partial charge in [-0.15, -0.1) is 0 Å². The summed E-state index contributed by atoms with van der Waals surface area (Å²) in [7, 11) is 0. The SMILES string of the molecule is NCC1CCN(C(=O)CN2C(=O)C3CCCCC3C2=O)C1. The summed E-state index contributed by atoms with van der Waals surface area (Å²) in [4.78, 5) is 39.9. The number of carbonyl (C=O) groups is 3. The number of nitrogens with zero attached hydrogens (tertiary/aromatic N) is 2. The largest absolute Gasteiger partial charge is 0.341 e. The van der Waals surface area contributed by atoms with Gasteiger partial charge >= 0.3 is 0 Å². The van der Waals surface area contributed by atoms with E-state index in [4.69, 9.17) is 5.73 Å². The third kappa shape index (κ3) is 2.57. The third-order valence-electron chi connectivity index (χ3n) is 5.20. The van der Waals surface area contributed by atoms with Crippen LogP contribution < -0.4 is 5.73 Å². The summed E-state index contributed by atoms with van der Waals surface area (Å²) in [6, 6.07) is 0. The first-order valence-corrected chi connectivity index (χ1v) is 7.95. The molecule has 3 atom stereocenters. The van der Waals surface area contributed by atoms with Gasteiger partial charge in [-0.25, -0.2) is 0 Å². The molecule has 0 aromatic heterocycles. The van der Waals surface area contributed by atoms with Crippen LogP contribution in [-0.2, 0) is 14.4 Å². The average Bonchev–Trinajstić information content (AvgIpc) is 3.07. The highest BCUT2D eigenvalue weighted by Gasteiger charge is 2.48. The van der Waals surface area contributed by atoms with Crippen molar-refractivity contribution in [1.82, 2.24) is 9.80 Å². The first kappa shape index (κ1) is 14.5. The summed E-state index contributed by atoms with van der Waals surface area (Å²) in [6.07, 6.45) is 4.51. The van der Waals surface area contributed by atoms with E-state index in [1.807, 2.05) is 0 Å². The van der Waals surface area contributed by atoms with Crippen molar-refractivity contribution >= 4 is 17.7 Å². The lowest BCUT2D eigenvalue weighted by Crippen LogP contribution is -2.42. The lowest BCUT2D eigenvalue weighted by molar-refractivity contribution is -0.146. The summed E-state index contributed by atoms with van der Waals surface area (Å²) in [5.74, 6) is -0.378. The van der Waals surface area contributed by atoms with Gasteiger partial charge in [-0.2, -0.15) is 0 Å². The van der Waals surface area contributed by atoms with Gasteiger partial charge in [0.05, 0.1) is 11.8 Å². The minimum atomic E-state index is -0.172. The van der Waals surface area contributed by atoms with Gasteiger partial charge in [0, 0.05) is 13.1 Å². The van der Waals surface area contributed by atoms with Gasteiger partial charge in [0.25, 0.3) is 0 Å². The van der Waals surface area contributed by atoms with Crippen LogP contribution in [0.5, 0.6) is 0 Å². The number of likely N-dealkylation sites (tertiary alicyclic amines) is 2. The lowest BCUT2D eigenvalue weighted by atomic mass is 9.81. The molecule has 3 aliphatic rings. The second kappa shape index (κ2) is 5.75. The lowest BCUT2D eigenvalue weighted by Gasteiger charge is -2.20. The molecule has 2 heterocycles. The molecule has 2 saturated heterocycles. The minimum absolute atomic E-state index is 0.0814. The molecular formula is C15H23N3O3. The number of imide groups is 1. The molecule has 1 aliphatic carbocycles. The Kier molecular flexibility index (Phi) is 3.97. The smallest absolute Gasteiger partial charge is 0.242 e. The maximum Gasteiger partial charge on any atom is 0.242 e. The van der Waals surface area contributed by atoms with Crippen LogP contribution in [0.2, 0.25) is 0 Å². The number of hydrogen-bond acceptors (Lipinski definition) is 4. The zero-order valence-electron chi connectivity index (χ0n) is 12.3. The van der Waals surface area contributed by atoms with Gasteiger partial charge in [0.15, 0.2) is 0 Å². The normalized spacial score (nSPS) is 32.7. The molecule has 0 bridgehead atoms. The molecule has 3 unspecified atom stereocenters. The van der Waals surface area contributed by atoms with E-state index in [-0.39, 0.29) is 36.1 Å². The minimum Gasteiger partial charge on any atom is -0.341 e. The molecule has 2 aliphatic heterocycles. The van der Waals surface area contributed by atoms with Crippen molar-refractivity contribution in [1.29, 1.82) is 0 Å². The number of nitrogens with two attached hydrogens (primary N) is 1. The summed E-state index contributed by atoms with van der Waals surface area (Å²) in [6.45, 7) is 1.83. The number of hydrogen-bond donors (Lipinski definition) is 1. The van der Waals surface area contributed by atoms with Crippen LogP contribution in [0.4, 0.5) is 0 Å². The zero-order chi connectivity index (χ0) is 15.0. The van der Waals surface area contributed by atoms with Crippen LogP contribution in [-0.4, -0.2) is 53.7 Å². The van der Waals surface area contributed by atoms with Crippen molar-refractivity contribution in [3.63, 3.8) is 0 Å². The third-order valence-corrected chi connectivity index (χ3v) is 5.20. The van der Waals surface area contributed by atoms with Crippen LogP contribution in [0.3, 0.4) is 0 Å². The van der Waals surface area contributed by atoms with E-state index in [2.05, 4.69) is 0 Å². The Morgan fingerprint density at radius 2 is 1.71 bits per heavy atom. The van der Waals surface area contributed by atoms with E-state index < -0.39 is 0 Å². The van der Waals surface area contributed by atoms with Crippen molar-refractivity contribution in [2.75, 3.05) is 26.2 Å². The van der Waals surface area contributed by atoms with Crippen molar-refractivity contribution in [3.8, 4) is 0 Å². The maximum atomic E-state index is 12.3. The molecule has 6 nitrogen and oxygen atoms in total. The van der Waals surface area contributed by atoms with Crippen molar-refractivity contribution < 1.29 is 14.4 Å². The molecule has 6 heteroatoms. The highest BCUT2D eigenvalue weighted by molar-refractivity contribution is 6.07. The predicted molar refractivity (Wildman–Crippen MR) is 75.9 cm³/mol. The Morgan fingerprint density at radius 3 is 2.24 bits per heavy atom. The Bertz CT molecular complexity index is 441. The second-order valence-corrected chi connectivity index (χ2v) is 6.49. The number of amides is 3. The van der Waals surface area contributed by atoms with Crippen molar-refractivity contribution in [3.05, 3.63) is 0 Å². The van der Waals surface area contributed by atoms with Crippen LogP contribution in [0.1, 0.15) is 32.1 Å². The molecule has 3 fully saturated rings. The topological polar surface area (TPSA) is 83.7 Å². The number of carbonyl (C=O) groups excluding carboxylic acids is 3. The molecule has 3 amide bonds. The molecular weight excluding hydrogens is 270 g/mol. The number of rotatable bonds is 3. The Labute approximate surface area is 124 Å². The fourth-order valence-corrected chi connectivity index (χ4v) is 3.87. The first-order valence-electron chi connectivity index (χ1n) is 7.95. The van der Waals surface area contributed by atoms with E-state index in [1.165, 1.54) is 4.90 Å². The van der Waals surface area contributed by atoms with Crippen LogP contribution in [0.25, 0.3) is 0 Å². The maximum absolute atomic E-state index is 12.3. The summed E-state index contributed by atoms with van der Waals surface area (Å²) in [5.41, 5.74) is 5.63. The van der Waals surface area contributed by atoms with Gasteiger partial charge in [-0.3, -0.25) is 19.3 Å². The fourth-order valence-electron chi connectivity index (χ4n) is 3.87. The van der Waals surface area contributed by atoms with Crippen LogP contribution >= 0.6 is 0 Å². The van der Waals surface area contributed by atoms with Gasteiger partial charge in [-0.1, -0.05) is 12.8 Å². The predicted octanol–water partition coefficient (Wildman–Crippen LogP) is -0.0312. The molecule has 0 aromatic carbocycles. The van der Waals surface area contributed by atoms with Crippen molar-refractivity contribution in [2.24, 2.45) is 23.5 Å². The Hall–Kier alpha value is -1.43. The van der Waals surface area contributed by atoms with Crippen molar-refractivity contribution in [2.45, 2.75) is 32.1 Å². The molecule has 0 aromatic rings. The molecule has 2 N–H and O–H groups in total. The standard InChI is InChI=1S/C15H23N3O3/c16-7-10-5-6-17(8-10)13(19)9-18-14(20)11-3-1-2-4-12(11)15(18)21/h10-12H,1-9,16H2. The summed E-state index contributed by atoms with van der Waals surface area (Å²) >= 11 is 0. The molecule has 3 rings (SSSR count). The van der Waals surface area contributed by atoms with Gasteiger partial charge in [0.1, 0.15) is 6.54 Å². The van der Waals surface area contributed by atoms with Gasteiger partial charge in [0.2, 0.25) is 17.7 Å². The van der Waals surface area contributed by atoms with E-state index >= 15 is 0 Å². The van der Waals surface area contributed by atoms with E-state index in [9.17, 15) is 14.4 Å². The summed E-state index contributed by atoms with van der Waals surface area (Å²) < 4.78 is 0. The monoisotopic (exact) mass is 293 g/mol. The molecule has 0 spiro atoms. The fraction of sp³-hybridized carbons (Fsp3) is 0.800. The highest BCUT2D eigenvalue weighted by atomic mass is 16.2. The molecule has 0 radical (unpaired) electrons. The number of fused-ring (bicyclic) bond motifs is 1. The van der Waals surface area contributed by atoms with E-state index in [0.717, 1.165) is 32.1 Å². The van der Waals surface area contributed by atoms with Crippen LogP contribution in [0.15, 0.2) is 0 Å².